The molecule has 2 N–H and O–H groups in total. The molecule has 2 saturated carbocycles. The maximum absolute atomic E-state index is 12.7. The summed E-state index contributed by atoms with van der Waals surface area (Å²) in [4.78, 5) is 25.8. The van der Waals surface area contributed by atoms with E-state index in [4.69, 9.17) is 16.6 Å². The molecule has 4 aromatic heterocycles. The fourth-order valence-corrected chi connectivity index (χ4v) is 4.49. The molecule has 0 radical (unpaired) electrons. The van der Waals surface area contributed by atoms with E-state index in [0.29, 0.717) is 17.4 Å². The Kier molecular flexibility index (Phi) is 4.99. The largest absolute Gasteiger partial charge is 0.379 e. The Morgan fingerprint density at radius 3 is 2.88 bits per heavy atom. The highest BCUT2D eigenvalue weighted by Gasteiger charge is 2.44. The molecule has 33 heavy (non-hydrogen) atoms. The van der Waals surface area contributed by atoms with Crippen molar-refractivity contribution in [2.24, 2.45) is 5.92 Å². The van der Waals surface area contributed by atoms with E-state index in [1.807, 2.05) is 18.2 Å². The Bertz CT molecular complexity index is 1350. The quantitative estimate of drug-likeness (QED) is 0.406. The van der Waals surface area contributed by atoms with Crippen LogP contribution in [-0.4, -0.2) is 25.3 Å². The second-order valence-corrected chi connectivity index (χ2v) is 9.33. The molecule has 0 aliphatic heterocycles. The number of nitrogens with one attached hydrogen (secondary N) is 2. The van der Waals surface area contributed by atoms with Crippen molar-refractivity contribution in [3.63, 3.8) is 0 Å². The van der Waals surface area contributed by atoms with Gasteiger partial charge in [-0.05, 0) is 60.4 Å². The summed E-state index contributed by atoms with van der Waals surface area (Å²) in [5, 5.41) is 6.91. The monoisotopic (exact) mass is 458 g/mol. The highest BCUT2D eigenvalue weighted by Crippen LogP contribution is 2.48. The first-order valence-corrected chi connectivity index (χ1v) is 11.6. The normalized spacial score (nSPS) is 19.4. The second kappa shape index (κ2) is 8.15. The van der Waals surface area contributed by atoms with E-state index in [2.05, 4.69) is 49.5 Å². The number of hydrogen-bond donors (Lipinski definition) is 2. The van der Waals surface area contributed by atoms with Crippen LogP contribution in [0.1, 0.15) is 47.9 Å². The van der Waals surface area contributed by atoms with Crippen LogP contribution < -0.4 is 10.6 Å². The van der Waals surface area contributed by atoms with Gasteiger partial charge in [0.1, 0.15) is 11.5 Å². The molecule has 0 aromatic carbocycles. The van der Waals surface area contributed by atoms with Crippen molar-refractivity contribution in [1.82, 2.24) is 19.4 Å². The summed E-state index contributed by atoms with van der Waals surface area (Å²) in [6, 6.07) is 9.87. The molecule has 8 heteroatoms. The number of rotatable bonds is 7. The summed E-state index contributed by atoms with van der Waals surface area (Å²) < 4.78 is 2.10. The number of hydrogen-bond acceptors (Lipinski definition) is 5. The smallest absolute Gasteiger partial charge is 0.229 e. The zero-order valence-corrected chi connectivity index (χ0v) is 18.7. The molecule has 4 aromatic rings. The van der Waals surface area contributed by atoms with E-state index in [9.17, 15) is 4.79 Å². The van der Waals surface area contributed by atoms with Crippen LogP contribution in [0.15, 0.2) is 61.3 Å². The molecule has 4 heterocycles. The molecule has 2 aliphatic carbocycles. The molecule has 0 spiro atoms. The summed E-state index contributed by atoms with van der Waals surface area (Å²) >= 11 is 6.02. The van der Waals surface area contributed by atoms with Crippen molar-refractivity contribution < 1.29 is 4.79 Å². The maximum atomic E-state index is 12.7. The number of imidazole rings is 1. The highest BCUT2D eigenvalue weighted by atomic mass is 35.5. The number of fused-ring (bicyclic) bond motifs is 1. The summed E-state index contributed by atoms with van der Waals surface area (Å²) in [6.45, 7) is 0.588. The number of amides is 1. The van der Waals surface area contributed by atoms with Crippen LogP contribution >= 0.6 is 11.6 Å². The van der Waals surface area contributed by atoms with E-state index in [0.717, 1.165) is 34.9 Å². The van der Waals surface area contributed by atoms with Crippen LogP contribution in [0.25, 0.3) is 5.65 Å². The Balaban J connectivity index is 1.08. The summed E-state index contributed by atoms with van der Waals surface area (Å²) in [6.07, 6.45) is 12.7. The Morgan fingerprint density at radius 2 is 2.03 bits per heavy atom. The summed E-state index contributed by atoms with van der Waals surface area (Å²) in [5.74, 6) is 1.30. The van der Waals surface area contributed by atoms with E-state index in [-0.39, 0.29) is 17.7 Å². The van der Waals surface area contributed by atoms with E-state index in [1.165, 1.54) is 18.4 Å². The molecule has 0 bridgehead atoms. The van der Waals surface area contributed by atoms with Crippen molar-refractivity contribution in [3.05, 3.63) is 83.2 Å². The van der Waals surface area contributed by atoms with Gasteiger partial charge in [0.15, 0.2) is 0 Å². The number of anilines is 2. The van der Waals surface area contributed by atoms with Gasteiger partial charge >= 0.3 is 0 Å². The lowest BCUT2D eigenvalue weighted by Gasteiger charge is -2.08. The third-order valence-electron chi connectivity index (χ3n) is 6.34. The molecule has 0 unspecified atom stereocenters. The molecule has 6 rings (SSSR count). The number of halogens is 1. The first kappa shape index (κ1) is 20.2. The molecule has 2 atom stereocenters. The van der Waals surface area contributed by atoms with Gasteiger partial charge in [-0.15, -0.1) is 0 Å². The minimum Gasteiger partial charge on any atom is -0.379 e. The number of pyridine rings is 3. The highest BCUT2D eigenvalue weighted by molar-refractivity contribution is 6.30. The molecule has 2 fully saturated rings. The van der Waals surface area contributed by atoms with E-state index < -0.39 is 0 Å². The number of nitrogens with zero attached hydrogens (tertiary/aromatic N) is 4. The minimum absolute atomic E-state index is 0.0311. The maximum Gasteiger partial charge on any atom is 0.229 e. The van der Waals surface area contributed by atoms with Crippen molar-refractivity contribution in [2.75, 3.05) is 10.6 Å². The van der Waals surface area contributed by atoms with Gasteiger partial charge < -0.3 is 15.0 Å². The second-order valence-electron chi connectivity index (χ2n) is 8.89. The van der Waals surface area contributed by atoms with Gasteiger partial charge in [0.25, 0.3) is 0 Å². The lowest BCUT2D eigenvalue weighted by atomic mass is 10.1. The van der Waals surface area contributed by atoms with Gasteiger partial charge in [0.2, 0.25) is 5.91 Å². The molecule has 2 aliphatic rings. The van der Waals surface area contributed by atoms with Crippen LogP contribution in [-0.2, 0) is 11.3 Å². The Labute approximate surface area is 196 Å². The summed E-state index contributed by atoms with van der Waals surface area (Å²) in [5.41, 5.74) is 5.18. The molecule has 0 saturated heterocycles. The van der Waals surface area contributed by atoms with Gasteiger partial charge in [-0.1, -0.05) is 17.7 Å². The van der Waals surface area contributed by atoms with Crippen molar-refractivity contribution in [2.45, 2.75) is 37.6 Å². The minimum atomic E-state index is -0.0813. The fraction of sp³-hybridized carbons (Fsp3) is 0.280. The summed E-state index contributed by atoms with van der Waals surface area (Å²) in [7, 11) is 0. The Hall–Kier alpha value is -3.45. The van der Waals surface area contributed by atoms with Crippen molar-refractivity contribution >= 4 is 34.7 Å². The van der Waals surface area contributed by atoms with Crippen LogP contribution in [0.2, 0.25) is 5.02 Å². The predicted octanol–water partition coefficient (Wildman–Crippen LogP) is 5.01. The Morgan fingerprint density at radius 1 is 1.12 bits per heavy atom. The van der Waals surface area contributed by atoms with Crippen molar-refractivity contribution in [1.29, 1.82) is 0 Å². The fourth-order valence-electron chi connectivity index (χ4n) is 4.31. The van der Waals surface area contributed by atoms with Gasteiger partial charge in [-0.2, -0.15) is 0 Å². The molecular weight excluding hydrogens is 436 g/mol. The van der Waals surface area contributed by atoms with Crippen molar-refractivity contribution in [3.8, 4) is 0 Å². The third-order valence-corrected chi connectivity index (χ3v) is 6.55. The van der Waals surface area contributed by atoms with Gasteiger partial charge in [0.05, 0.1) is 17.3 Å². The SMILES string of the molecule is O=C(Nc1cc(NCc2cn3cc(C4CC4)ccc3n2)ccn1)[C@H]1C[C@@H]1c1cncc(Cl)c1. The first-order valence-electron chi connectivity index (χ1n) is 11.2. The number of carbonyl (C=O) groups excluding carboxylic acids is 1. The zero-order chi connectivity index (χ0) is 22.4. The van der Waals surface area contributed by atoms with Crippen LogP contribution in [0.5, 0.6) is 0 Å². The first-order chi connectivity index (χ1) is 16.1. The standard InChI is InChI=1S/C25H23ClN6O/c26-18-7-17(10-27-11-18)21-9-22(21)25(33)31-23-8-19(5-6-28-23)29-12-20-14-32-13-16(15-1-2-15)3-4-24(32)30-20/h3-8,10-11,13-15,21-22H,1-2,9,12H2,(H2,28,29,31,33)/t21-,22+/m1/s1. The van der Waals surface area contributed by atoms with E-state index in [1.54, 1.807) is 18.6 Å². The molecule has 7 nitrogen and oxygen atoms in total. The molecule has 166 valence electrons. The van der Waals surface area contributed by atoms with Gasteiger partial charge in [0, 0.05) is 48.7 Å². The number of carbonyl (C=O) groups is 1. The van der Waals surface area contributed by atoms with Crippen LogP contribution in [0, 0.1) is 5.92 Å². The molecular formula is C25H23ClN6O. The van der Waals surface area contributed by atoms with Crippen LogP contribution in [0.4, 0.5) is 11.5 Å². The third kappa shape index (κ3) is 4.41. The lowest BCUT2D eigenvalue weighted by Crippen LogP contribution is -2.15. The molecule has 1 amide bonds. The van der Waals surface area contributed by atoms with Gasteiger partial charge in [-0.25, -0.2) is 9.97 Å². The topological polar surface area (TPSA) is 84.2 Å². The van der Waals surface area contributed by atoms with Crippen LogP contribution in [0.3, 0.4) is 0 Å². The average molecular weight is 459 g/mol. The van der Waals surface area contributed by atoms with E-state index >= 15 is 0 Å². The predicted molar refractivity (Wildman–Crippen MR) is 127 cm³/mol. The number of aromatic nitrogens is 4. The average Bonchev–Trinajstić information content (AvgIpc) is 3.74. The van der Waals surface area contributed by atoms with Gasteiger partial charge in [-0.3, -0.25) is 9.78 Å². The lowest BCUT2D eigenvalue weighted by molar-refractivity contribution is -0.117. The zero-order valence-electron chi connectivity index (χ0n) is 17.9.